The maximum atomic E-state index is 12.1. The minimum atomic E-state index is -4.41. The largest absolute Gasteiger partial charge is 0.481 e. The highest BCUT2D eigenvalue weighted by Gasteiger charge is 2.30. The van der Waals surface area contributed by atoms with Crippen molar-refractivity contribution in [2.24, 2.45) is 5.41 Å². The molecule has 0 saturated heterocycles. The molecule has 112 valence electrons. The molecule has 0 fully saturated rings. The van der Waals surface area contributed by atoms with Gasteiger partial charge in [0.15, 0.2) is 0 Å². The van der Waals surface area contributed by atoms with E-state index in [1.165, 1.54) is 12.1 Å². The number of benzene rings is 1. The summed E-state index contributed by atoms with van der Waals surface area (Å²) in [4.78, 5) is 19.9. The third-order valence-corrected chi connectivity index (χ3v) is 1.99. The van der Waals surface area contributed by atoms with E-state index < -0.39 is 23.1 Å². The van der Waals surface area contributed by atoms with Gasteiger partial charge in [-0.1, -0.05) is 6.07 Å². The smallest absolute Gasteiger partial charge is 0.416 e. The topological polar surface area (TPSA) is 63.6 Å². The average Bonchev–Trinajstić information content (AvgIpc) is 2.28. The van der Waals surface area contributed by atoms with Gasteiger partial charge in [-0.25, -0.2) is 0 Å². The summed E-state index contributed by atoms with van der Waals surface area (Å²) in [5, 5.41) is 8.25. The summed E-state index contributed by atoms with van der Waals surface area (Å²) in [7, 11) is 0. The fourth-order valence-electron chi connectivity index (χ4n) is 0.801. The lowest BCUT2D eigenvalue weighted by atomic mass is 9.98. The van der Waals surface area contributed by atoms with E-state index in [1.54, 1.807) is 20.8 Å². The van der Waals surface area contributed by atoms with Crippen molar-refractivity contribution >= 4 is 12.4 Å². The normalized spacial score (nSPS) is 11.1. The zero-order valence-corrected chi connectivity index (χ0v) is 11.2. The number of aliphatic carboxylic acids is 1. The molecular weight excluding hydrogens is 277 g/mol. The van der Waals surface area contributed by atoms with Crippen LogP contribution in [0.4, 0.5) is 13.2 Å². The lowest BCUT2D eigenvalue weighted by molar-refractivity contribution is -0.145. The Balaban J connectivity index is 0.000000441. The Bertz CT molecular complexity index is 461. The molecule has 7 heteroatoms. The number of hydrogen-bond acceptors (Lipinski definition) is 3. The quantitative estimate of drug-likeness (QED) is 0.849. The van der Waals surface area contributed by atoms with E-state index in [0.29, 0.717) is 0 Å². The lowest BCUT2D eigenvalue weighted by Gasteiger charge is -2.08. The van der Waals surface area contributed by atoms with Crippen LogP contribution in [0.15, 0.2) is 24.3 Å². The van der Waals surface area contributed by atoms with Crippen LogP contribution in [-0.2, 0) is 15.8 Å². The van der Waals surface area contributed by atoms with Crippen molar-refractivity contribution in [2.45, 2.75) is 26.9 Å². The van der Waals surface area contributed by atoms with E-state index in [4.69, 9.17) is 5.11 Å². The van der Waals surface area contributed by atoms with E-state index in [9.17, 15) is 22.8 Å². The van der Waals surface area contributed by atoms with Gasteiger partial charge in [-0.2, -0.15) is 13.2 Å². The number of ether oxygens (including phenoxy) is 1. The zero-order chi connectivity index (χ0) is 16.0. The first-order valence-corrected chi connectivity index (χ1v) is 5.49. The summed E-state index contributed by atoms with van der Waals surface area (Å²) >= 11 is 0. The zero-order valence-electron chi connectivity index (χ0n) is 11.2. The van der Waals surface area contributed by atoms with Gasteiger partial charge in [-0.3, -0.25) is 9.59 Å². The second-order valence-electron chi connectivity index (χ2n) is 4.79. The summed E-state index contributed by atoms with van der Waals surface area (Å²) in [5.74, 6) is -0.877. The maximum absolute atomic E-state index is 12.1. The van der Waals surface area contributed by atoms with E-state index >= 15 is 0 Å². The number of carbonyl (C=O) groups is 2. The first kappa shape index (κ1) is 17.9. The Labute approximate surface area is 114 Å². The van der Waals surface area contributed by atoms with Gasteiger partial charge in [-0.15, -0.1) is 0 Å². The maximum Gasteiger partial charge on any atom is 0.416 e. The van der Waals surface area contributed by atoms with Crippen LogP contribution < -0.4 is 4.74 Å². The number of rotatable bonds is 2. The van der Waals surface area contributed by atoms with Gasteiger partial charge in [0.1, 0.15) is 5.75 Å². The van der Waals surface area contributed by atoms with E-state index in [0.717, 1.165) is 12.1 Å². The molecule has 1 aromatic carbocycles. The van der Waals surface area contributed by atoms with Crippen molar-refractivity contribution in [2.75, 3.05) is 0 Å². The van der Waals surface area contributed by atoms with E-state index in [2.05, 4.69) is 4.74 Å². The minimum Gasteiger partial charge on any atom is -0.481 e. The van der Waals surface area contributed by atoms with Crippen LogP contribution in [0.25, 0.3) is 0 Å². The monoisotopic (exact) mass is 292 g/mol. The molecule has 0 aromatic heterocycles. The minimum absolute atomic E-state index is 0.0789. The molecule has 0 amide bonds. The Morgan fingerprint density at radius 1 is 1.25 bits per heavy atom. The highest BCUT2D eigenvalue weighted by molar-refractivity contribution is 5.72. The molecule has 0 bridgehead atoms. The molecule has 0 saturated carbocycles. The van der Waals surface area contributed by atoms with Crippen LogP contribution in [0.1, 0.15) is 26.3 Å². The van der Waals surface area contributed by atoms with Crippen LogP contribution in [0.5, 0.6) is 5.75 Å². The van der Waals surface area contributed by atoms with Crippen LogP contribution in [-0.4, -0.2) is 17.5 Å². The molecule has 0 unspecified atom stereocenters. The second kappa shape index (κ2) is 6.93. The standard InChI is InChI=1S/C8H5F3O2.C5H10O2/c9-8(10,11)6-2-1-3-7(4-6)13-5-12;1-5(2,3)4(6)7/h1-5H;1-3H3,(H,6,7). The number of hydrogen-bond donors (Lipinski definition) is 1. The number of carboxylic acids is 1. The molecule has 1 aromatic rings. The van der Waals surface area contributed by atoms with Gasteiger partial charge >= 0.3 is 12.1 Å². The molecule has 4 nitrogen and oxygen atoms in total. The molecule has 1 rings (SSSR count). The van der Waals surface area contributed by atoms with Crippen molar-refractivity contribution < 1.29 is 32.6 Å². The Hall–Kier alpha value is -2.05. The van der Waals surface area contributed by atoms with E-state index in [1.807, 2.05) is 0 Å². The van der Waals surface area contributed by atoms with Crippen LogP contribution in [0, 0.1) is 5.41 Å². The highest BCUT2D eigenvalue weighted by atomic mass is 19.4. The molecule has 0 aliphatic heterocycles. The predicted molar refractivity (Wildman–Crippen MR) is 65.2 cm³/mol. The van der Waals surface area contributed by atoms with Crippen molar-refractivity contribution in [1.82, 2.24) is 0 Å². The fraction of sp³-hybridized carbons (Fsp3) is 0.385. The summed E-state index contributed by atoms with van der Waals surface area (Å²) < 4.78 is 40.5. The Kier molecular flexibility index (Phi) is 6.22. The summed E-state index contributed by atoms with van der Waals surface area (Å²) in [6, 6.07) is 4.09. The number of halogens is 3. The summed E-state index contributed by atoms with van der Waals surface area (Å²) in [6.07, 6.45) is -4.41. The van der Waals surface area contributed by atoms with Crippen LogP contribution in [0.2, 0.25) is 0 Å². The van der Waals surface area contributed by atoms with Gasteiger partial charge in [0.05, 0.1) is 11.0 Å². The number of carbonyl (C=O) groups excluding carboxylic acids is 1. The van der Waals surface area contributed by atoms with Gasteiger partial charge in [0, 0.05) is 0 Å². The highest BCUT2D eigenvalue weighted by Crippen LogP contribution is 2.31. The Morgan fingerprint density at radius 2 is 1.75 bits per heavy atom. The first-order chi connectivity index (χ1) is 8.98. The third kappa shape index (κ3) is 6.77. The molecule has 1 N–H and O–H groups in total. The van der Waals surface area contributed by atoms with Gasteiger partial charge < -0.3 is 9.84 Å². The molecule has 0 atom stereocenters. The van der Waals surface area contributed by atoms with Crippen molar-refractivity contribution in [3.8, 4) is 5.75 Å². The molecule has 0 heterocycles. The van der Waals surface area contributed by atoms with Gasteiger partial charge in [0.25, 0.3) is 6.47 Å². The first-order valence-electron chi connectivity index (χ1n) is 5.49. The SMILES string of the molecule is CC(C)(C)C(=O)O.O=COc1cccc(C(F)(F)F)c1. The summed E-state index contributed by atoms with van der Waals surface area (Å²) in [5.41, 5.74) is -1.42. The third-order valence-electron chi connectivity index (χ3n) is 1.99. The second-order valence-corrected chi connectivity index (χ2v) is 4.79. The average molecular weight is 292 g/mol. The molecule has 0 spiro atoms. The summed E-state index contributed by atoms with van der Waals surface area (Å²) in [6.45, 7) is 5.06. The van der Waals surface area contributed by atoms with Gasteiger partial charge in [0.2, 0.25) is 0 Å². The molecule has 0 aliphatic rings. The molecular formula is C13H15F3O4. The number of alkyl halides is 3. The fourth-order valence-corrected chi connectivity index (χ4v) is 0.801. The number of carboxylic acid groups (broad SMARTS) is 1. The van der Waals surface area contributed by atoms with E-state index in [-0.39, 0.29) is 12.2 Å². The van der Waals surface area contributed by atoms with Gasteiger partial charge in [-0.05, 0) is 39.0 Å². The Morgan fingerprint density at radius 3 is 2.10 bits per heavy atom. The van der Waals surface area contributed by atoms with Crippen LogP contribution >= 0.6 is 0 Å². The molecule has 0 aliphatic carbocycles. The van der Waals surface area contributed by atoms with Crippen molar-refractivity contribution in [3.63, 3.8) is 0 Å². The molecule has 20 heavy (non-hydrogen) atoms. The predicted octanol–water partition coefficient (Wildman–Crippen LogP) is 3.36. The lowest BCUT2D eigenvalue weighted by Crippen LogP contribution is -2.18. The molecule has 0 radical (unpaired) electrons. The van der Waals surface area contributed by atoms with Crippen molar-refractivity contribution in [1.29, 1.82) is 0 Å². The van der Waals surface area contributed by atoms with Crippen molar-refractivity contribution in [3.05, 3.63) is 29.8 Å². The van der Waals surface area contributed by atoms with Crippen LogP contribution in [0.3, 0.4) is 0 Å².